The van der Waals surface area contributed by atoms with Crippen molar-refractivity contribution >= 4 is 5.97 Å². The largest absolute Gasteiger partial charge is 0.481 e. The minimum Gasteiger partial charge on any atom is -0.481 e. The molecule has 1 aliphatic carbocycles. The number of aliphatic hydroxyl groups is 3. The highest BCUT2D eigenvalue weighted by atomic mass is 16.4. The van der Waals surface area contributed by atoms with Gasteiger partial charge in [-0.3, -0.25) is 4.79 Å². The third-order valence-electron chi connectivity index (χ3n) is 4.82. The van der Waals surface area contributed by atoms with E-state index in [0.717, 1.165) is 19.3 Å². The summed E-state index contributed by atoms with van der Waals surface area (Å²) in [6, 6.07) is 0. The Morgan fingerprint density at radius 1 is 1.04 bits per heavy atom. The smallest absolute Gasteiger partial charge is 0.303 e. The van der Waals surface area contributed by atoms with Crippen molar-refractivity contribution in [2.24, 2.45) is 11.8 Å². The lowest BCUT2D eigenvalue weighted by Gasteiger charge is -2.20. The Kier molecular flexibility index (Phi) is 11.7. The molecule has 1 fully saturated rings. The first-order valence-corrected chi connectivity index (χ1v) is 9.85. The Hall–Kier alpha value is -1.69. The number of allylic oxidation sites excluding steroid dienone is 5. The summed E-state index contributed by atoms with van der Waals surface area (Å²) in [7, 11) is 0. The molecule has 0 amide bonds. The molecule has 0 aliphatic heterocycles. The van der Waals surface area contributed by atoms with Crippen LogP contribution in [0.25, 0.3) is 0 Å². The zero-order valence-corrected chi connectivity index (χ0v) is 16.2. The molecule has 1 aliphatic rings. The summed E-state index contributed by atoms with van der Waals surface area (Å²) >= 11 is 0. The molecule has 5 atom stereocenters. The lowest BCUT2D eigenvalue weighted by atomic mass is 9.88. The molecule has 0 aromatic heterocycles. The van der Waals surface area contributed by atoms with E-state index in [0.29, 0.717) is 12.8 Å². The third kappa shape index (κ3) is 9.70. The molecule has 0 spiro atoms. The minimum absolute atomic E-state index is 0.0359. The molecule has 0 aromatic rings. The van der Waals surface area contributed by atoms with Crippen molar-refractivity contribution in [2.45, 2.75) is 70.2 Å². The number of hydrogen-bond donors (Lipinski definition) is 4. The van der Waals surface area contributed by atoms with Crippen molar-refractivity contribution in [3.8, 4) is 0 Å². The fourth-order valence-corrected chi connectivity index (χ4v) is 3.35. The van der Waals surface area contributed by atoms with Gasteiger partial charge in [0.25, 0.3) is 0 Å². The monoisotopic (exact) mass is 378 g/mol. The van der Waals surface area contributed by atoms with E-state index in [-0.39, 0.29) is 24.7 Å². The second kappa shape index (κ2) is 13.5. The van der Waals surface area contributed by atoms with Crippen molar-refractivity contribution in [1.29, 1.82) is 0 Å². The van der Waals surface area contributed by atoms with E-state index in [1.54, 1.807) is 12.2 Å². The number of carboxylic acids is 1. The number of rotatable bonds is 12. The number of aliphatic carboxylic acids is 1. The maximum absolute atomic E-state index is 10.8. The van der Waals surface area contributed by atoms with Crippen LogP contribution in [-0.2, 0) is 4.79 Å². The van der Waals surface area contributed by atoms with Gasteiger partial charge in [0.15, 0.2) is 0 Å². The van der Waals surface area contributed by atoms with Crippen LogP contribution >= 0.6 is 0 Å². The van der Waals surface area contributed by atoms with Crippen LogP contribution in [0.4, 0.5) is 0 Å². The van der Waals surface area contributed by atoms with Gasteiger partial charge < -0.3 is 20.4 Å². The molecular formula is C22H34O5. The molecule has 152 valence electrons. The highest BCUT2D eigenvalue weighted by molar-refractivity contribution is 5.66. The Balaban J connectivity index is 2.39. The van der Waals surface area contributed by atoms with Gasteiger partial charge in [-0.1, -0.05) is 55.5 Å². The second-order valence-corrected chi connectivity index (χ2v) is 7.03. The summed E-state index contributed by atoms with van der Waals surface area (Å²) in [6.07, 6.45) is 17.5. The van der Waals surface area contributed by atoms with Crippen molar-refractivity contribution in [1.82, 2.24) is 0 Å². The van der Waals surface area contributed by atoms with Crippen molar-refractivity contribution in [3.05, 3.63) is 48.6 Å². The van der Waals surface area contributed by atoms with Crippen LogP contribution in [0.1, 0.15) is 51.9 Å². The van der Waals surface area contributed by atoms with Crippen LogP contribution in [0, 0.1) is 11.8 Å². The van der Waals surface area contributed by atoms with Gasteiger partial charge in [0.1, 0.15) is 0 Å². The summed E-state index contributed by atoms with van der Waals surface area (Å²) in [5, 5.41) is 39.0. The average Bonchev–Trinajstić information content (AvgIpc) is 2.89. The molecule has 5 heteroatoms. The third-order valence-corrected chi connectivity index (χ3v) is 4.82. The number of carboxylic acid groups (broad SMARTS) is 1. The van der Waals surface area contributed by atoms with Crippen LogP contribution in [0.3, 0.4) is 0 Å². The molecule has 0 bridgehead atoms. The summed E-state index contributed by atoms with van der Waals surface area (Å²) in [5.41, 5.74) is 0. The molecule has 0 unspecified atom stereocenters. The van der Waals surface area contributed by atoms with Gasteiger partial charge in [0, 0.05) is 18.8 Å². The summed E-state index contributed by atoms with van der Waals surface area (Å²) in [6.45, 7) is 2.11. The van der Waals surface area contributed by atoms with Gasteiger partial charge in [0.05, 0.1) is 18.3 Å². The Morgan fingerprint density at radius 2 is 1.67 bits per heavy atom. The Morgan fingerprint density at radius 3 is 2.30 bits per heavy atom. The number of hydrogen-bond acceptors (Lipinski definition) is 4. The summed E-state index contributed by atoms with van der Waals surface area (Å²) in [5.74, 6) is -1.52. The predicted octanol–water partition coefficient (Wildman–Crippen LogP) is 3.38. The maximum Gasteiger partial charge on any atom is 0.303 e. The Bertz CT molecular complexity index is 535. The average molecular weight is 379 g/mol. The molecular weight excluding hydrogens is 344 g/mol. The molecule has 0 radical (unpaired) electrons. The van der Waals surface area contributed by atoms with Crippen LogP contribution in [-0.4, -0.2) is 44.7 Å². The van der Waals surface area contributed by atoms with Crippen LogP contribution in [0.15, 0.2) is 48.6 Å². The van der Waals surface area contributed by atoms with Crippen LogP contribution < -0.4 is 0 Å². The lowest BCUT2D eigenvalue weighted by Crippen LogP contribution is -2.22. The lowest BCUT2D eigenvalue weighted by molar-refractivity contribution is -0.137. The molecule has 5 nitrogen and oxygen atoms in total. The summed E-state index contributed by atoms with van der Waals surface area (Å²) < 4.78 is 0. The van der Waals surface area contributed by atoms with Crippen molar-refractivity contribution in [2.75, 3.05) is 0 Å². The Labute approximate surface area is 162 Å². The quantitative estimate of drug-likeness (QED) is 0.390. The fraction of sp³-hybridized carbons (Fsp3) is 0.591. The zero-order chi connectivity index (χ0) is 20.1. The minimum atomic E-state index is -0.910. The van der Waals surface area contributed by atoms with Gasteiger partial charge >= 0.3 is 5.97 Å². The molecule has 4 N–H and O–H groups in total. The van der Waals surface area contributed by atoms with Gasteiger partial charge in [0.2, 0.25) is 0 Å². The van der Waals surface area contributed by atoms with E-state index < -0.39 is 24.3 Å². The van der Waals surface area contributed by atoms with Gasteiger partial charge in [-0.25, -0.2) is 0 Å². The summed E-state index contributed by atoms with van der Waals surface area (Å²) in [4.78, 5) is 10.8. The second-order valence-electron chi connectivity index (χ2n) is 7.03. The van der Waals surface area contributed by atoms with Gasteiger partial charge in [-0.15, -0.1) is 0 Å². The van der Waals surface area contributed by atoms with Crippen molar-refractivity contribution in [3.63, 3.8) is 0 Å². The van der Waals surface area contributed by atoms with E-state index >= 15 is 0 Å². The fourth-order valence-electron chi connectivity index (χ4n) is 3.35. The first-order chi connectivity index (χ1) is 13.0. The van der Waals surface area contributed by atoms with E-state index in [1.165, 1.54) is 0 Å². The molecule has 0 aromatic carbocycles. The first-order valence-electron chi connectivity index (χ1n) is 9.85. The maximum atomic E-state index is 10.8. The molecule has 1 rings (SSSR count). The van der Waals surface area contributed by atoms with E-state index in [2.05, 4.69) is 31.2 Å². The highest BCUT2D eigenvalue weighted by Gasteiger charge is 2.40. The molecule has 27 heavy (non-hydrogen) atoms. The van der Waals surface area contributed by atoms with Gasteiger partial charge in [-0.05, 0) is 38.0 Å². The topological polar surface area (TPSA) is 98.0 Å². The first kappa shape index (κ1) is 23.3. The molecule has 1 saturated carbocycles. The molecule has 0 saturated heterocycles. The standard InChI is InChI=1S/C22H34O5/c1-2-3-4-5-6-7-8-9-10-11-17(23)12-13-18-19(14-15-22(26)27)21(25)16-20(18)24/h3-4,6-7,9-10,12-13,17-21,23-25H,2,5,8,11,14-16H2,1H3,(H,26,27)/b4-3-,7-6+,10-9-,13-12+/t17-,18-,19-,20-,21+/m1/s1. The zero-order valence-electron chi connectivity index (χ0n) is 16.2. The molecule has 0 heterocycles. The predicted molar refractivity (Wildman–Crippen MR) is 107 cm³/mol. The van der Waals surface area contributed by atoms with Gasteiger partial charge in [-0.2, -0.15) is 0 Å². The van der Waals surface area contributed by atoms with Crippen LogP contribution in [0.2, 0.25) is 0 Å². The number of aliphatic hydroxyl groups excluding tert-OH is 3. The van der Waals surface area contributed by atoms with E-state index in [9.17, 15) is 20.1 Å². The normalized spacial score (nSPS) is 27.6. The van der Waals surface area contributed by atoms with Crippen molar-refractivity contribution < 1.29 is 25.2 Å². The number of carbonyl (C=O) groups is 1. The van der Waals surface area contributed by atoms with E-state index in [4.69, 9.17) is 5.11 Å². The van der Waals surface area contributed by atoms with Crippen LogP contribution in [0.5, 0.6) is 0 Å². The van der Waals surface area contributed by atoms with E-state index in [1.807, 2.05) is 12.2 Å². The SMILES string of the molecule is CC/C=C\C/C=C/C/C=C\C[C@@H](O)/C=C/[C@@H]1[C@@H](CCC(=O)O)[C@@H](O)C[C@H]1O. The highest BCUT2D eigenvalue weighted by Crippen LogP contribution is 2.36.